The summed E-state index contributed by atoms with van der Waals surface area (Å²) in [5.41, 5.74) is 2.17. The Morgan fingerprint density at radius 3 is 2.79 bits per heavy atom. The number of nitrogens with one attached hydrogen (secondary N) is 1. The van der Waals surface area contributed by atoms with Crippen LogP contribution in [0.15, 0.2) is 6.07 Å². The highest BCUT2D eigenvalue weighted by Crippen LogP contribution is 2.45. The Kier molecular flexibility index (Phi) is 6.54. The van der Waals surface area contributed by atoms with Crippen molar-refractivity contribution in [2.75, 3.05) is 50.0 Å². The van der Waals surface area contributed by atoms with Crippen molar-refractivity contribution < 1.29 is 31.4 Å². The lowest BCUT2D eigenvalue weighted by molar-refractivity contribution is -0.137. The Labute approximate surface area is 243 Å². The van der Waals surface area contributed by atoms with Crippen LogP contribution in [0.4, 0.5) is 33.6 Å². The molecule has 3 saturated heterocycles. The standard InChI is InChI=1S/C28H31F5N8O2/c1-13-8-17(34)36-22(19(13)28(31,32)33)23-20(30)21-18-24(41-7-5-35-10-16(41)14(2)43-25(18)37-23)39-26(38-21)42-12-27-4-3-6-40(27)11-15(29)9-27/h8,14-16,35H,3-7,9-12H2,1-2H3,(H2,34,36)/t14-,15+,16-,27?/m0/s1. The maximum Gasteiger partial charge on any atom is 0.418 e. The Morgan fingerprint density at radius 1 is 1.19 bits per heavy atom. The highest BCUT2D eigenvalue weighted by atomic mass is 19.4. The second-order valence-electron chi connectivity index (χ2n) is 11.9. The summed E-state index contributed by atoms with van der Waals surface area (Å²) in [4.78, 5) is 21.3. The number of nitrogens with two attached hydrogens (primary N) is 1. The van der Waals surface area contributed by atoms with Gasteiger partial charge in [0.05, 0.1) is 17.1 Å². The van der Waals surface area contributed by atoms with Gasteiger partial charge < -0.3 is 25.4 Å². The summed E-state index contributed by atoms with van der Waals surface area (Å²) in [6.07, 6.45) is -4.39. The van der Waals surface area contributed by atoms with E-state index in [9.17, 15) is 17.6 Å². The molecule has 0 bridgehead atoms. The SMILES string of the molecule is Cc1cc(N)nc(-c2nc3c4c(nc(OCC56CCCN5C[C@H](F)C6)nc4c2F)N2CCNC[C@H]2[C@H](C)O3)c1C(F)(F)F. The molecule has 0 aliphatic carbocycles. The molecule has 3 aromatic rings. The van der Waals surface area contributed by atoms with E-state index in [0.29, 0.717) is 38.4 Å². The van der Waals surface area contributed by atoms with Crippen molar-refractivity contribution >= 4 is 22.5 Å². The van der Waals surface area contributed by atoms with Crippen LogP contribution < -0.4 is 25.4 Å². The Hall–Kier alpha value is -3.59. The molecule has 230 valence electrons. The second-order valence-corrected chi connectivity index (χ2v) is 11.9. The van der Waals surface area contributed by atoms with Gasteiger partial charge in [-0.3, -0.25) is 4.90 Å². The first kappa shape index (κ1) is 28.2. The van der Waals surface area contributed by atoms with Crippen LogP contribution in [0.5, 0.6) is 11.9 Å². The number of hydrogen-bond donors (Lipinski definition) is 2. The van der Waals surface area contributed by atoms with E-state index >= 15 is 4.39 Å². The smallest absolute Gasteiger partial charge is 0.418 e. The summed E-state index contributed by atoms with van der Waals surface area (Å²) in [7, 11) is 0. The number of halogens is 5. The molecule has 1 unspecified atom stereocenters. The van der Waals surface area contributed by atoms with Gasteiger partial charge in [0, 0.05) is 32.6 Å². The lowest BCUT2D eigenvalue weighted by Gasteiger charge is -2.38. The van der Waals surface area contributed by atoms with E-state index in [0.717, 1.165) is 25.5 Å². The maximum absolute atomic E-state index is 16.5. The fraction of sp³-hybridized carbons (Fsp3) is 0.571. The van der Waals surface area contributed by atoms with Gasteiger partial charge in [0.2, 0.25) is 5.88 Å². The van der Waals surface area contributed by atoms with E-state index in [1.807, 2.05) is 11.8 Å². The predicted molar refractivity (Wildman–Crippen MR) is 147 cm³/mol. The largest absolute Gasteiger partial charge is 0.472 e. The molecule has 4 aliphatic heterocycles. The zero-order valence-electron chi connectivity index (χ0n) is 23.6. The minimum atomic E-state index is -4.87. The molecule has 0 aromatic carbocycles. The number of aryl methyl sites for hydroxylation is 1. The Bertz CT molecular complexity index is 1610. The van der Waals surface area contributed by atoms with E-state index in [4.69, 9.17) is 15.2 Å². The van der Waals surface area contributed by atoms with E-state index in [1.54, 1.807) is 0 Å². The zero-order chi connectivity index (χ0) is 30.3. The number of pyridine rings is 2. The summed E-state index contributed by atoms with van der Waals surface area (Å²) >= 11 is 0. The van der Waals surface area contributed by atoms with Crippen LogP contribution in [0.3, 0.4) is 0 Å². The molecular weight excluding hydrogens is 575 g/mol. The Morgan fingerprint density at radius 2 is 2.00 bits per heavy atom. The number of rotatable bonds is 4. The topological polar surface area (TPSA) is 115 Å². The highest BCUT2D eigenvalue weighted by Gasteiger charge is 2.49. The van der Waals surface area contributed by atoms with E-state index < -0.39 is 46.8 Å². The molecule has 4 aliphatic rings. The van der Waals surface area contributed by atoms with Gasteiger partial charge >= 0.3 is 12.2 Å². The molecule has 43 heavy (non-hydrogen) atoms. The highest BCUT2D eigenvalue weighted by molar-refractivity contribution is 5.97. The van der Waals surface area contributed by atoms with Crippen LogP contribution >= 0.6 is 0 Å². The van der Waals surface area contributed by atoms with Crippen LogP contribution in [-0.4, -0.2) is 88.0 Å². The summed E-state index contributed by atoms with van der Waals surface area (Å²) in [6.45, 7) is 5.85. The minimum absolute atomic E-state index is 0.0941. The van der Waals surface area contributed by atoms with Crippen LogP contribution in [-0.2, 0) is 6.18 Å². The van der Waals surface area contributed by atoms with Crippen molar-refractivity contribution in [2.24, 2.45) is 0 Å². The fourth-order valence-electron chi connectivity index (χ4n) is 7.16. The van der Waals surface area contributed by atoms with Crippen LogP contribution in [0.2, 0.25) is 0 Å². The van der Waals surface area contributed by atoms with Gasteiger partial charge in [-0.1, -0.05) is 0 Å². The number of aromatic nitrogens is 4. The molecule has 3 fully saturated rings. The molecular formula is C28H31F5N8O2. The van der Waals surface area contributed by atoms with Crippen molar-refractivity contribution in [1.82, 2.24) is 30.2 Å². The molecule has 10 nitrogen and oxygen atoms in total. The van der Waals surface area contributed by atoms with Gasteiger partial charge in [-0.25, -0.2) is 18.7 Å². The summed E-state index contributed by atoms with van der Waals surface area (Å²) in [6, 6.07) is 0.671. The molecule has 4 atom stereocenters. The molecule has 7 heterocycles. The minimum Gasteiger partial charge on any atom is -0.472 e. The average molecular weight is 607 g/mol. The number of fused-ring (bicyclic) bond motifs is 3. The van der Waals surface area contributed by atoms with E-state index in [2.05, 4.69) is 30.2 Å². The van der Waals surface area contributed by atoms with Crippen LogP contribution in [0, 0.1) is 12.7 Å². The number of nitrogens with zero attached hydrogens (tertiary/aromatic N) is 6. The first-order valence-corrected chi connectivity index (χ1v) is 14.4. The molecule has 0 amide bonds. The quantitative estimate of drug-likeness (QED) is 0.427. The number of anilines is 2. The van der Waals surface area contributed by atoms with Crippen molar-refractivity contribution in [2.45, 2.75) is 63.1 Å². The Balaban J connectivity index is 1.42. The number of nitrogen functional groups attached to an aromatic ring is 1. The monoisotopic (exact) mass is 606 g/mol. The maximum atomic E-state index is 16.5. The molecule has 15 heteroatoms. The third-order valence-corrected chi connectivity index (χ3v) is 9.08. The van der Waals surface area contributed by atoms with E-state index in [1.165, 1.54) is 6.92 Å². The van der Waals surface area contributed by atoms with Crippen molar-refractivity contribution in [3.05, 3.63) is 23.0 Å². The van der Waals surface area contributed by atoms with Crippen LogP contribution in [0.25, 0.3) is 22.3 Å². The normalized spacial score (nSPS) is 27.1. The van der Waals surface area contributed by atoms with Crippen molar-refractivity contribution in [3.63, 3.8) is 0 Å². The zero-order valence-corrected chi connectivity index (χ0v) is 23.6. The number of hydrogen-bond acceptors (Lipinski definition) is 10. The van der Waals surface area contributed by atoms with Gasteiger partial charge in [-0.15, -0.1) is 0 Å². The fourth-order valence-corrected chi connectivity index (χ4v) is 7.16. The molecule has 0 saturated carbocycles. The van der Waals surface area contributed by atoms with E-state index in [-0.39, 0.29) is 46.8 Å². The summed E-state index contributed by atoms with van der Waals surface area (Å²) in [5.74, 6) is -1.15. The third kappa shape index (κ3) is 4.58. The molecule has 0 spiro atoms. The lowest BCUT2D eigenvalue weighted by atomic mass is 9.95. The van der Waals surface area contributed by atoms with Gasteiger partial charge in [-0.2, -0.15) is 23.1 Å². The molecule has 7 rings (SSSR count). The van der Waals surface area contributed by atoms with Gasteiger partial charge in [0.15, 0.2) is 5.82 Å². The number of ether oxygens (including phenoxy) is 2. The first-order chi connectivity index (χ1) is 20.4. The summed E-state index contributed by atoms with van der Waals surface area (Å²) < 4.78 is 86.0. The molecule has 3 aromatic heterocycles. The molecule has 3 N–H and O–H groups in total. The van der Waals surface area contributed by atoms with Gasteiger partial charge in [-0.05, 0) is 44.9 Å². The lowest BCUT2D eigenvalue weighted by Crippen LogP contribution is -2.56. The second kappa shape index (κ2) is 9.97. The van der Waals surface area contributed by atoms with Gasteiger partial charge in [0.1, 0.15) is 52.8 Å². The molecule has 0 radical (unpaired) electrons. The van der Waals surface area contributed by atoms with Gasteiger partial charge in [0.25, 0.3) is 0 Å². The third-order valence-electron chi connectivity index (χ3n) is 9.08. The summed E-state index contributed by atoms with van der Waals surface area (Å²) in [5, 5.41) is 3.44. The first-order valence-electron chi connectivity index (χ1n) is 14.4. The number of piperazine rings is 1. The number of alkyl halides is 4. The predicted octanol–water partition coefficient (Wildman–Crippen LogP) is 3.65. The van der Waals surface area contributed by atoms with Crippen molar-refractivity contribution in [3.8, 4) is 23.3 Å². The van der Waals surface area contributed by atoms with Crippen LogP contribution in [0.1, 0.15) is 37.3 Å². The average Bonchev–Trinajstić information content (AvgIpc) is 3.43. The van der Waals surface area contributed by atoms with Crippen molar-refractivity contribution in [1.29, 1.82) is 0 Å².